The molecule has 0 bridgehead atoms. The highest BCUT2D eigenvalue weighted by Gasteiger charge is 2.20. The number of piperidine rings is 1. The highest BCUT2D eigenvalue weighted by molar-refractivity contribution is 4.79. The third-order valence-corrected chi connectivity index (χ3v) is 2.87. The van der Waals surface area contributed by atoms with Crippen LogP contribution in [0.5, 0.6) is 0 Å². The van der Waals surface area contributed by atoms with Crippen molar-refractivity contribution in [2.24, 2.45) is 5.92 Å². The van der Waals surface area contributed by atoms with Crippen LogP contribution in [0.4, 0.5) is 0 Å². The minimum absolute atomic E-state index is 0.739. The highest BCUT2D eigenvalue weighted by atomic mass is 14.9. The van der Waals surface area contributed by atoms with Crippen molar-refractivity contribution in [3.8, 4) is 0 Å². The zero-order valence-corrected chi connectivity index (χ0v) is 8.40. The molecule has 72 valence electrons. The Balaban J connectivity index is 2.29. The molecule has 0 aliphatic carbocycles. The summed E-state index contributed by atoms with van der Waals surface area (Å²) in [6.45, 7) is 4.70. The second-order valence-electron chi connectivity index (χ2n) is 3.79. The van der Waals surface area contributed by atoms with E-state index in [0.29, 0.717) is 0 Å². The molecule has 2 heteroatoms. The maximum absolute atomic E-state index is 3.47. The van der Waals surface area contributed by atoms with Gasteiger partial charge in [-0.1, -0.05) is 13.3 Å². The van der Waals surface area contributed by atoms with Crippen molar-refractivity contribution in [2.75, 3.05) is 20.1 Å². The predicted molar refractivity (Wildman–Crippen MR) is 53.3 cm³/mol. The summed E-state index contributed by atoms with van der Waals surface area (Å²) in [5.41, 5.74) is 0. The Labute approximate surface area is 76.1 Å². The molecule has 0 aromatic rings. The van der Waals surface area contributed by atoms with Gasteiger partial charge in [-0.05, 0) is 45.3 Å². The van der Waals surface area contributed by atoms with Gasteiger partial charge < -0.3 is 10.6 Å². The third kappa shape index (κ3) is 2.76. The standard InChI is InChI=1S/C10H22N2/c1-3-5-10(11-2)9-6-4-7-12-8-9/h9-12H,3-8H2,1-2H3. The van der Waals surface area contributed by atoms with E-state index in [1.54, 1.807) is 0 Å². The van der Waals surface area contributed by atoms with Crippen LogP contribution in [0.1, 0.15) is 32.6 Å². The Morgan fingerprint density at radius 1 is 1.58 bits per heavy atom. The van der Waals surface area contributed by atoms with Crippen molar-refractivity contribution >= 4 is 0 Å². The fourth-order valence-electron chi connectivity index (χ4n) is 2.15. The lowest BCUT2D eigenvalue weighted by Gasteiger charge is -2.30. The van der Waals surface area contributed by atoms with E-state index in [-0.39, 0.29) is 0 Å². The van der Waals surface area contributed by atoms with Gasteiger partial charge in [0.05, 0.1) is 0 Å². The molecule has 1 fully saturated rings. The third-order valence-electron chi connectivity index (χ3n) is 2.87. The average molecular weight is 170 g/mol. The second-order valence-corrected chi connectivity index (χ2v) is 3.79. The molecule has 1 saturated heterocycles. The van der Waals surface area contributed by atoms with Crippen LogP contribution in [-0.2, 0) is 0 Å². The molecule has 0 radical (unpaired) electrons. The Kier molecular flexibility index (Phi) is 4.62. The van der Waals surface area contributed by atoms with E-state index in [9.17, 15) is 0 Å². The van der Waals surface area contributed by atoms with E-state index in [4.69, 9.17) is 0 Å². The lowest BCUT2D eigenvalue weighted by molar-refractivity contribution is 0.282. The van der Waals surface area contributed by atoms with Crippen LogP contribution >= 0.6 is 0 Å². The normalized spacial score (nSPS) is 27.0. The molecule has 0 spiro atoms. The van der Waals surface area contributed by atoms with E-state index in [1.165, 1.54) is 38.8 Å². The van der Waals surface area contributed by atoms with Gasteiger partial charge in [0.25, 0.3) is 0 Å². The Morgan fingerprint density at radius 3 is 2.92 bits per heavy atom. The van der Waals surface area contributed by atoms with Gasteiger partial charge in [-0.25, -0.2) is 0 Å². The summed E-state index contributed by atoms with van der Waals surface area (Å²) in [4.78, 5) is 0. The first-order chi connectivity index (χ1) is 5.88. The van der Waals surface area contributed by atoms with Crippen molar-refractivity contribution in [1.29, 1.82) is 0 Å². The van der Waals surface area contributed by atoms with Crippen molar-refractivity contribution in [2.45, 2.75) is 38.6 Å². The van der Waals surface area contributed by atoms with Gasteiger partial charge in [-0.2, -0.15) is 0 Å². The molecular weight excluding hydrogens is 148 g/mol. The Hall–Kier alpha value is -0.0800. The lowest BCUT2D eigenvalue weighted by atomic mass is 9.89. The zero-order chi connectivity index (χ0) is 8.81. The number of nitrogens with one attached hydrogen (secondary N) is 2. The molecule has 2 atom stereocenters. The summed E-state index contributed by atoms with van der Waals surface area (Å²) in [5.74, 6) is 0.865. The molecule has 2 nitrogen and oxygen atoms in total. The summed E-state index contributed by atoms with van der Waals surface area (Å²) >= 11 is 0. The van der Waals surface area contributed by atoms with Gasteiger partial charge >= 0.3 is 0 Å². The summed E-state index contributed by atoms with van der Waals surface area (Å²) in [6.07, 6.45) is 5.37. The molecule has 0 saturated carbocycles. The van der Waals surface area contributed by atoms with E-state index in [0.717, 1.165) is 12.0 Å². The number of hydrogen-bond acceptors (Lipinski definition) is 2. The average Bonchev–Trinajstić information content (AvgIpc) is 2.15. The molecule has 0 aromatic carbocycles. The first-order valence-electron chi connectivity index (χ1n) is 5.26. The molecule has 1 aliphatic rings. The first kappa shape index (κ1) is 10.0. The topological polar surface area (TPSA) is 24.1 Å². The van der Waals surface area contributed by atoms with Crippen molar-refractivity contribution in [3.63, 3.8) is 0 Å². The minimum atomic E-state index is 0.739. The molecule has 1 aliphatic heterocycles. The monoisotopic (exact) mass is 170 g/mol. The molecule has 0 aromatic heterocycles. The molecule has 1 heterocycles. The highest BCUT2D eigenvalue weighted by Crippen LogP contribution is 2.17. The van der Waals surface area contributed by atoms with Crippen LogP contribution in [0.15, 0.2) is 0 Å². The number of hydrogen-bond donors (Lipinski definition) is 2. The fraction of sp³-hybridized carbons (Fsp3) is 1.00. The number of rotatable bonds is 4. The largest absolute Gasteiger partial charge is 0.317 e. The van der Waals surface area contributed by atoms with Crippen LogP contribution in [0, 0.1) is 5.92 Å². The summed E-state index contributed by atoms with van der Waals surface area (Å²) in [6, 6.07) is 0.739. The molecule has 0 amide bonds. The van der Waals surface area contributed by atoms with Crippen molar-refractivity contribution in [3.05, 3.63) is 0 Å². The van der Waals surface area contributed by atoms with Gasteiger partial charge in [0.1, 0.15) is 0 Å². The van der Waals surface area contributed by atoms with Crippen molar-refractivity contribution < 1.29 is 0 Å². The van der Waals surface area contributed by atoms with E-state index in [1.807, 2.05) is 0 Å². The quantitative estimate of drug-likeness (QED) is 0.666. The SMILES string of the molecule is CCCC(NC)C1CCCNC1. The zero-order valence-electron chi connectivity index (χ0n) is 8.40. The Bertz CT molecular complexity index is 106. The van der Waals surface area contributed by atoms with Crippen LogP contribution in [0.3, 0.4) is 0 Å². The summed E-state index contributed by atoms with van der Waals surface area (Å²) in [7, 11) is 2.09. The molecular formula is C10H22N2. The predicted octanol–water partition coefficient (Wildman–Crippen LogP) is 1.37. The van der Waals surface area contributed by atoms with E-state index >= 15 is 0 Å². The van der Waals surface area contributed by atoms with Crippen LogP contribution in [0.2, 0.25) is 0 Å². The summed E-state index contributed by atoms with van der Waals surface area (Å²) < 4.78 is 0. The maximum Gasteiger partial charge on any atom is 0.0104 e. The smallest absolute Gasteiger partial charge is 0.0104 e. The molecule has 2 N–H and O–H groups in total. The lowest BCUT2D eigenvalue weighted by Crippen LogP contribution is -2.42. The van der Waals surface area contributed by atoms with Crippen molar-refractivity contribution in [1.82, 2.24) is 10.6 Å². The van der Waals surface area contributed by atoms with Crippen LogP contribution in [0.25, 0.3) is 0 Å². The van der Waals surface area contributed by atoms with Crippen LogP contribution in [-0.4, -0.2) is 26.2 Å². The second kappa shape index (κ2) is 5.55. The van der Waals surface area contributed by atoms with Crippen LogP contribution < -0.4 is 10.6 Å². The molecule has 1 rings (SSSR count). The maximum atomic E-state index is 3.47. The Morgan fingerprint density at radius 2 is 2.42 bits per heavy atom. The fourth-order valence-corrected chi connectivity index (χ4v) is 2.15. The first-order valence-corrected chi connectivity index (χ1v) is 5.26. The van der Waals surface area contributed by atoms with Gasteiger partial charge in [0, 0.05) is 6.04 Å². The van der Waals surface area contributed by atoms with Gasteiger partial charge in [0.2, 0.25) is 0 Å². The van der Waals surface area contributed by atoms with E-state index < -0.39 is 0 Å². The van der Waals surface area contributed by atoms with Gasteiger partial charge in [-0.15, -0.1) is 0 Å². The molecule has 2 unspecified atom stereocenters. The molecule has 12 heavy (non-hydrogen) atoms. The van der Waals surface area contributed by atoms with Gasteiger partial charge in [-0.3, -0.25) is 0 Å². The van der Waals surface area contributed by atoms with E-state index in [2.05, 4.69) is 24.6 Å². The van der Waals surface area contributed by atoms with Gasteiger partial charge in [0.15, 0.2) is 0 Å². The minimum Gasteiger partial charge on any atom is -0.317 e. The summed E-state index contributed by atoms with van der Waals surface area (Å²) in [5, 5.41) is 6.90.